The number of nitrogens with zero attached hydrogens (tertiary/aromatic N) is 3. The molecule has 4 rings (SSSR count). The van der Waals surface area contributed by atoms with Gasteiger partial charge in [0.05, 0.1) is 35.5 Å². The summed E-state index contributed by atoms with van der Waals surface area (Å²) in [6.45, 7) is 6.91. The Hall–Kier alpha value is -2.33. The number of aromatic nitrogens is 2. The largest absolute Gasteiger partial charge is 0.378 e. The summed E-state index contributed by atoms with van der Waals surface area (Å²) in [5.74, 6) is 0. The summed E-state index contributed by atoms with van der Waals surface area (Å²) >= 11 is 8.21. The summed E-state index contributed by atoms with van der Waals surface area (Å²) in [4.78, 5) is 3.22. The van der Waals surface area contributed by atoms with Gasteiger partial charge in [-0.2, -0.15) is 10.4 Å². The van der Waals surface area contributed by atoms with Gasteiger partial charge in [-0.05, 0) is 31.0 Å². The molecule has 0 unspecified atom stereocenters. The van der Waals surface area contributed by atoms with Crippen LogP contribution in [0.5, 0.6) is 0 Å². The van der Waals surface area contributed by atoms with Gasteiger partial charge in [0.1, 0.15) is 11.1 Å². The predicted octanol–water partition coefficient (Wildman–Crippen LogP) is 4.78. The monoisotopic (exact) mass is 398 g/mol. The lowest BCUT2D eigenvalue weighted by atomic mass is 9.98. The number of rotatable bonds is 3. The minimum Gasteiger partial charge on any atom is -0.378 e. The van der Waals surface area contributed by atoms with E-state index in [0.717, 1.165) is 50.9 Å². The van der Waals surface area contributed by atoms with E-state index in [1.54, 1.807) is 17.5 Å². The van der Waals surface area contributed by atoms with Crippen LogP contribution in [0.25, 0.3) is 21.7 Å². The van der Waals surface area contributed by atoms with Crippen LogP contribution < -0.4 is 4.90 Å². The van der Waals surface area contributed by atoms with Gasteiger partial charge in [0.15, 0.2) is 0 Å². The average molecular weight is 399 g/mol. The summed E-state index contributed by atoms with van der Waals surface area (Å²) in [5, 5.41) is 18.9. The van der Waals surface area contributed by atoms with Crippen molar-refractivity contribution in [3.05, 3.63) is 46.1 Å². The molecule has 7 heteroatoms. The van der Waals surface area contributed by atoms with Gasteiger partial charge in [-0.1, -0.05) is 23.7 Å². The van der Waals surface area contributed by atoms with Gasteiger partial charge in [0, 0.05) is 29.2 Å². The number of nitriles is 1. The van der Waals surface area contributed by atoms with Crippen molar-refractivity contribution in [1.29, 1.82) is 5.26 Å². The van der Waals surface area contributed by atoms with Gasteiger partial charge in [0.2, 0.25) is 0 Å². The van der Waals surface area contributed by atoms with Crippen LogP contribution in [0.2, 0.25) is 5.02 Å². The van der Waals surface area contributed by atoms with Crippen molar-refractivity contribution >= 4 is 27.9 Å². The highest BCUT2D eigenvalue weighted by atomic mass is 35.5. The van der Waals surface area contributed by atoms with E-state index in [1.807, 2.05) is 32.0 Å². The second kappa shape index (κ2) is 7.35. The smallest absolute Gasteiger partial charge is 0.110 e. The Labute approximate surface area is 167 Å². The van der Waals surface area contributed by atoms with Crippen LogP contribution in [0.3, 0.4) is 0 Å². The molecule has 27 heavy (non-hydrogen) atoms. The van der Waals surface area contributed by atoms with Gasteiger partial charge in [-0.3, -0.25) is 5.10 Å². The van der Waals surface area contributed by atoms with Crippen LogP contribution in [0.1, 0.15) is 16.7 Å². The second-order valence-corrected chi connectivity index (χ2v) is 8.02. The molecule has 1 saturated heterocycles. The zero-order valence-corrected chi connectivity index (χ0v) is 16.7. The number of hydrogen-bond acceptors (Lipinski definition) is 5. The fourth-order valence-corrected chi connectivity index (χ4v) is 5.05. The van der Waals surface area contributed by atoms with Gasteiger partial charge in [-0.15, -0.1) is 11.3 Å². The number of anilines is 1. The molecule has 2 aromatic heterocycles. The van der Waals surface area contributed by atoms with Crippen LogP contribution >= 0.6 is 22.9 Å². The number of ether oxygens (including phenoxy) is 1. The number of thiophene rings is 1. The number of aromatic amines is 1. The van der Waals surface area contributed by atoms with Gasteiger partial charge in [-0.25, -0.2) is 0 Å². The molecule has 1 aromatic carbocycles. The first kappa shape index (κ1) is 18.1. The number of hydrogen-bond donors (Lipinski definition) is 1. The highest BCUT2D eigenvalue weighted by Crippen LogP contribution is 2.49. The van der Waals surface area contributed by atoms with Gasteiger partial charge < -0.3 is 9.64 Å². The molecule has 5 nitrogen and oxygen atoms in total. The molecule has 0 bridgehead atoms. The highest BCUT2D eigenvalue weighted by molar-refractivity contribution is 7.20. The number of aryl methyl sites for hydroxylation is 2. The molecule has 3 aromatic rings. The molecule has 1 aliphatic rings. The maximum Gasteiger partial charge on any atom is 0.110 e. The number of H-pyrrole nitrogens is 1. The molecule has 0 atom stereocenters. The van der Waals surface area contributed by atoms with E-state index in [1.165, 1.54) is 0 Å². The molecule has 0 amide bonds. The number of morpholine rings is 1. The highest BCUT2D eigenvalue weighted by Gasteiger charge is 2.27. The first-order valence-corrected chi connectivity index (χ1v) is 9.96. The SMILES string of the molecule is Cc1ccc(-c2c(-c3[nH]ncc3C)sc(N3CCOCC3)c2C#N)c(Cl)c1. The summed E-state index contributed by atoms with van der Waals surface area (Å²) in [7, 11) is 0. The number of halogens is 1. The molecular weight excluding hydrogens is 380 g/mol. The summed E-state index contributed by atoms with van der Waals surface area (Å²) in [5.41, 5.74) is 5.48. The van der Waals surface area contributed by atoms with Gasteiger partial charge >= 0.3 is 0 Å². The number of benzene rings is 1. The molecule has 3 heterocycles. The van der Waals surface area contributed by atoms with Crippen LogP contribution in [0.4, 0.5) is 5.00 Å². The Bertz CT molecular complexity index is 1030. The summed E-state index contributed by atoms with van der Waals surface area (Å²) in [6.07, 6.45) is 1.80. The maximum atomic E-state index is 10.0. The molecular formula is C20H19ClN4OS. The van der Waals surface area contributed by atoms with Crippen LogP contribution in [0.15, 0.2) is 24.4 Å². The number of nitrogens with one attached hydrogen (secondary N) is 1. The first-order chi connectivity index (χ1) is 13.1. The van der Waals surface area contributed by atoms with Crippen molar-refractivity contribution in [2.24, 2.45) is 0 Å². The Balaban J connectivity index is 1.98. The van der Waals surface area contributed by atoms with E-state index in [-0.39, 0.29) is 0 Å². The van der Waals surface area contributed by atoms with Crippen molar-refractivity contribution in [2.75, 3.05) is 31.2 Å². The van der Waals surface area contributed by atoms with Crippen LogP contribution in [-0.2, 0) is 4.74 Å². The van der Waals surface area contributed by atoms with Crippen LogP contribution in [-0.4, -0.2) is 36.5 Å². The molecule has 0 radical (unpaired) electrons. The molecule has 138 valence electrons. The minimum atomic E-state index is 0.649. The molecule has 1 aliphatic heterocycles. The predicted molar refractivity (Wildman–Crippen MR) is 110 cm³/mol. The van der Waals surface area contributed by atoms with E-state index < -0.39 is 0 Å². The quantitative estimate of drug-likeness (QED) is 0.689. The van der Waals surface area contributed by atoms with Crippen molar-refractivity contribution in [3.8, 4) is 27.8 Å². The fourth-order valence-electron chi connectivity index (χ4n) is 3.34. The van der Waals surface area contributed by atoms with E-state index in [4.69, 9.17) is 16.3 Å². The van der Waals surface area contributed by atoms with E-state index in [0.29, 0.717) is 23.8 Å². The van der Waals surface area contributed by atoms with E-state index >= 15 is 0 Å². The van der Waals surface area contributed by atoms with Crippen molar-refractivity contribution in [2.45, 2.75) is 13.8 Å². The van der Waals surface area contributed by atoms with Crippen molar-refractivity contribution in [3.63, 3.8) is 0 Å². The zero-order valence-electron chi connectivity index (χ0n) is 15.2. The fraction of sp³-hybridized carbons (Fsp3) is 0.300. The zero-order chi connectivity index (χ0) is 19.0. The maximum absolute atomic E-state index is 10.0. The Morgan fingerprint density at radius 1 is 1.30 bits per heavy atom. The third-order valence-electron chi connectivity index (χ3n) is 4.75. The van der Waals surface area contributed by atoms with Crippen molar-refractivity contribution < 1.29 is 4.74 Å². The molecule has 0 aliphatic carbocycles. The first-order valence-electron chi connectivity index (χ1n) is 8.76. The van der Waals surface area contributed by atoms with Crippen LogP contribution in [0, 0.1) is 25.2 Å². The Kier molecular flexibility index (Phi) is 4.92. The molecule has 1 fully saturated rings. The van der Waals surface area contributed by atoms with E-state index in [9.17, 15) is 5.26 Å². The Morgan fingerprint density at radius 3 is 2.70 bits per heavy atom. The normalized spacial score (nSPS) is 14.4. The third kappa shape index (κ3) is 3.23. The van der Waals surface area contributed by atoms with Gasteiger partial charge in [0.25, 0.3) is 0 Å². The lowest BCUT2D eigenvalue weighted by molar-refractivity contribution is 0.123. The average Bonchev–Trinajstić information content (AvgIpc) is 3.25. The lowest BCUT2D eigenvalue weighted by Crippen LogP contribution is -2.36. The van der Waals surface area contributed by atoms with Crippen molar-refractivity contribution in [1.82, 2.24) is 10.2 Å². The molecule has 0 spiro atoms. The molecule has 0 saturated carbocycles. The lowest BCUT2D eigenvalue weighted by Gasteiger charge is -2.27. The second-order valence-electron chi connectivity index (χ2n) is 6.61. The summed E-state index contributed by atoms with van der Waals surface area (Å²) in [6, 6.07) is 8.40. The third-order valence-corrected chi connectivity index (χ3v) is 6.33. The van der Waals surface area contributed by atoms with E-state index in [2.05, 4.69) is 21.2 Å². The Morgan fingerprint density at radius 2 is 2.07 bits per heavy atom. The molecule has 1 N–H and O–H groups in total. The summed E-state index contributed by atoms with van der Waals surface area (Å²) < 4.78 is 5.48. The minimum absolute atomic E-state index is 0.649. The standard InChI is InChI=1S/C20H19ClN4OS/c1-12-3-4-14(16(21)9-12)17-15(10-22)20(25-5-7-26-8-6-25)27-19(17)18-13(2)11-23-24-18/h3-4,9,11H,5-8H2,1-2H3,(H,23,24). The topological polar surface area (TPSA) is 64.9 Å².